The first-order chi connectivity index (χ1) is 13.3. The molecule has 1 aliphatic heterocycles. The molecule has 2 aliphatic rings. The molecule has 0 spiro atoms. The second-order valence-electron chi connectivity index (χ2n) is 7.38. The fourth-order valence-corrected chi connectivity index (χ4v) is 4.97. The number of amides is 1. The number of rotatable bonds is 5. The number of amidine groups is 1. The predicted molar refractivity (Wildman–Crippen MR) is 109 cm³/mol. The summed E-state index contributed by atoms with van der Waals surface area (Å²) in [6.07, 6.45) is 6.10. The monoisotopic (exact) mass is 408 g/mol. The van der Waals surface area contributed by atoms with Gasteiger partial charge in [-0.2, -0.15) is 0 Å². The van der Waals surface area contributed by atoms with E-state index in [-0.39, 0.29) is 35.0 Å². The van der Waals surface area contributed by atoms with Crippen molar-refractivity contribution in [2.24, 2.45) is 4.99 Å². The van der Waals surface area contributed by atoms with Crippen LogP contribution in [0.2, 0.25) is 0 Å². The Kier molecular flexibility index (Phi) is 6.53. The van der Waals surface area contributed by atoms with Crippen molar-refractivity contribution < 1.29 is 14.1 Å². The number of hydrogen-bond donors (Lipinski definition) is 1. The van der Waals surface area contributed by atoms with Gasteiger partial charge in [-0.15, -0.1) is 0 Å². The Balaban J connectivity index is 1.64. The molecule has 0 aromatic heterocycles. The number of nitro groups is 1. The Hall–Kier alpha value is -2.16. The van der Waals surface area contributed by atoms with Gasteiger partial charge in [-0.3, -0.25) is 19.9 Å². The Morgan fingerprint density at radius 1 is 1.39 bits per heavy atom. The summed E-state index contributed by atoms with van der Waals surface area (Å²) in [7, 11) is 1.93. The first-order valence-corrected chi connectivity index (χ1v) is 10.4. The van der Waals surface area contributed by atoms with Gasteiger partial charge in [0.25, 0.3) is 5.69 Å². The summed E-state index contributed by atoms with van der Waals surface area (Å²) < 4.78 is 13.9. The summed E-state index contributed by atoms with van der Waals surface area (Å²) in [6, 6.07) is 3.40. The maximum absolute atomic E-state index is 13.9. The van der Waals surface area contributed by atoms with E-state index in [1.54, 1.807) is 11.8 Å². The third-order valence-electron chi connectivity index (χ3n) is 5.33. The van der Waals surface area contributed by atoms with Crippen LogP contribution in [0.1, 0.15) is 45.4 Å². The van der Waals surface area contributed by atoms with E-state index in [9.17, 15) is 19.3 Å². The molecular formula is C19H25FN4O3S. The van der Waals surface area contributed by atoms with E-state index < -0.39 is 10.7 Å². The lowest BCUT2D eigenvalue weighted by Crippen LogP contribution is -2.36. The molecule has 2 atom stereocenters. The van der Waals surface area contributed by atoms with Crippen LogP contribution in [0.4, 0.5) is 15.8 Å². The molecule has 1 saturated heterocycles. The van der Waals surface area contributed by atoms with Crippen molar-refractivity contribution in [3.05, 3.63) is 34.1 Å². The van der Waals surface area contributed by atoms with Crippen molar-refractivity contribution in [3.8, 4) is 0 Å². The Morgan fingerprint density at radius 2 is 2.11 bits per heavy atom. The number of halogens is 1. The number of nitrogens with zero attached hydrogens (tertiary/aromatic N) is 3. The topological polar surface area (TPSA) is 87.8 Å². The number of carbonyl (C=O) groups is 1. The van der Waals surface area contributed by atoms with E-state index >= 15 is 0 Å². The number of non-ortho nitro benzene ring substituents is 1. The highest BCUT2D eigenvalue weighted by Gasteiger charge is 2.36. The van der Waals surface area contributed by atoms with E-state index in [0.717, 1.165) is 36.2 Å². The van der Waals surface area contributed by atoms with Crippen molar-refractivity contribution in [1.29, 1.82) is 0 Å². The van der Waals surface area contributed by atoms with Crippen molar-refractivity contribution in [2.75, 3.05) is 12.4 Å². The molecule has 9 heteroatoms. The normalized spacial score (nSPS) is 24.5. The maximum Gasteiger partial charge on any atom is 0.271 e. The number of thioether (sulfide) groups is 1. The molecule has 0 radical (unpaired) electrons. The Bertz CT molecular complexity index is 782. The van der Waals surface area contributed by atoms with Gasteiger partial charge in [0.15, 0.2) is 5.17 Å². The smallest absolute Gasteiger partial charge is 0.271 e. The van der Waals surface area contributed by atoms with E-state index in [2.05, 4.69) is 12.2 Å². The van der Waals surface area contributed by atoms with Gasteiger partial charge in [-0.25, -0.2) is 4.39 Å². The summed E-state index contributed by atoms with van der Waals surface area (Å²) >= 11 is 1.67. The van der Waals surface area contributed by atoms with Gasteiger partial charge in [0.05, 0.1) is 22.7 Å². The van der Waals surface area contributed by atoms with Crippen molar-refractivity contribution in [3.63, 3.8) is 0 Å². The summed E-state index contributed by atoms with van der Waals surface area (Å²) in [5.74, 6) is -1.07. The largest absolute Gasteiger partial charge is 0.350 e. The number of hydrogen-bond acceptors (Lipinski definition) is 5. The van der Waals surface area contributed by atoms with Crippen molar-refractivity contribution in [1.82, 2.24) is 4.90 Å². The van der Waals surface area contributed by atoms with Gasteiger partial charge < -0.3 is 10.2 Å². The lowest BCUT2D eigenvalue weighted by atomic mass is 9.96. The number of carbonyl (C=O) groups excluding carboxylic acids is 1. The van der Waals surface area contributed by atoms with Gasteiger partial charge in [-0.1, -0.05) is 37.9 Å². The average Bonchev–Trinajstić information content (AvgIpc) is 2.91. The van der Waals surface area contributed by atoms with Crippen molar-refractivity contribution in [2.45, 2.75) is 62.8 Å². The average molecular weight is 408 g/mol. The first-order valence-electron chi connectivity index (χ1n) is 9.56. The zero-order valence-electron chi connectivity index (χ0n) is 16.1. The van der Waals surface area contributed by atoms with E-state index in [4.69, 9.17) is 4.99 Å². The van der Waals surface area contributed by atoms with Gasteiger partial charge >= 0.3 is 0 Å². The lowest BCUT2D eigenvalue weighted by Gasteiger charge is -2.24. The molecular weight excluding hydrogens is 383 g/mol. The van der Waals surface area contributed by atoms with Crippen LogP contribution in [0.5, 0.6) is 0 Å². The molecule has 1 amide bonds. The third-order valence-corrected chi connectivity index (χ3v) is 6.62. The second-order valence-corrected chi connectivity index (χ2v) is 8.72. The molecule has 28 heavy (non-hydrogen) atoms. The third kappa shape index (κ3) is 4.81. The number of aliphatic imine (C=N–C) groups is 1. The Morgan fingerprint density at radius 3 is 2.79 bits per heavy atom. The van der Waals surface area contributed by atoms with Crippen LogP contribution in [0, 0.1) is 15.9 Å². The van der Waals surface area contributed by atoms with Crippen LogP contribution < -0.4 is 5.32 Å². The van der Waals surface area contributed by atoms with Crippen LogP contribution in [0.3, 0.4) is 0 Å². The van der Waals surface area contributed by atoms with Crippen LogP contribution in [0.25, 0.3) is 0 Å². The van der Waals surface area contributed by atoms with E-state index in [0.29, 0.717) is 6.04 Å². The van der Waals surface area contributed by atoms with Gasteiger partial charge in [0.1, 0.15) is 5.82 Å². The molecule has 1 aliphatic carbocycles. The molecule has 152 valence electrons. The highest BCUT2D eigenvalue weighted by Crippen LogP contribution is 2.34. The molecule has 1 N–H and O–H groups in total. The van der Waals surface area contributed by atoms with E-state index in [1.807, 2.05) is 11.9 Å². The molecule has 1 aromatic rings. The van der Waals surface area contributed by atoms with Crippen LogP contribution in [-0.2, 0) is 4.79 Å². The minimum absolute atomic E-state index is 0.0610. The summed E-state index contributed by atoms with van der Waals surface area (Å²) in [4.78, 5) is 29.6. The molecule has 7 nitrogen and oxygen atoms in total. The van der Waals surface area contributed by atoms with Gasteiger partial charge in [-0.05, 0) is 18.9 Å². The lowest BCUT2D eigenvalue weighted by molar-refractivity contribution is -0.384. The highest BCUT2D eigenvalue weighted by atomic mass is 32.2. The standard InChI is InChI=1S/C19H25FN4O3S/c1-12-17(23(2)19(28-12)21-13-6-4-3-5-7-13)11-18(25)22-16-10-14(24(26)27)8-9-15(16)20/h8-10,12-13,17H,3-7,11H2,1-2H3,(H,22,25)/b21-19-. The molecule has 1 heterocycles. The summed E-state index contributed by atoms with van der Waals surface area (Å²) in [5.41, 5.74) is -0.434. The van der Waals surface area contributed by atoms with Crippen LogP contribution in [0.15, 0.2) is 23.2 Å². The van der Waals surface area contributed by atoms with Crippen LogP contribution >= 0.6 is 11.8 Å². The zero-order valence-corrected chi connectivity index (χ0v) is 16.9. The number of nitrogens with one attached hydrogen (secondary N) is 1. The fraction of sp³-hybridized carbons (Fsp3) is 0.579. The molecule has 3 rings (SSSR count). The predicted octanol–water partition coefficient (Wildman–Crippen LogP) is 4.19. The molecule has 1 aromatic carbocycles. The second kappa shape index (κ2) is 8.89. The van der Waals surface area contributed by atoms with Crippen LogP contribution in [-0.4, -0.2) is 45.3 Å². The highest BCUT2D eigenvalue weighted by molar-refractivity contribution is 8.14. The number of nitro benzene ring substituents is 1. The summed E-state index contributed by atoms with van der Waals surface area (Å²) in [5, 5.41) is 14.5. The Labute approximate surface area is 167 Å². The minimum Gasteiger partial charge on any atom is -0.350 e. The number of benzene rings is 1. The van der Waals surface area contributed by atoms with Crippen molar-refractivity contribution >= 4 is 34.2 Å². The SMILES string of the molecule is CC1S/C(=N\C2CCCCC2)N(C)C1CC(=O)Nc1cc([N+](=O)[O-])ccc1F. The fourth-order valence-electron chi connectivity index (χ4n) is 3.69. The zero-order chi connectivity index (χ0) is 20.3. The van der Waals surface area contributed by atoms with Gasteiger partial charge in [0.2, 0.25) is 5.91 Å². The quantitative estimate of drug-likeness (QED) is 0.583. The minimum atomic E-state index is -0.694. The molecule has 2 fully saturated rings. The maximum atomic E-state index is 13.9. The number of anilines is 1. The first kappa shape index (κ1) is 20.6. The molecule has 2 unspecified atom stereocenters. The molecule has 1 saturated carbocycles. The van der Waals surface area contributed by atoms with Gasteiger partial charge in [0, 0.05) is 30.9 Å². The molecule has 0 bridgehead atoms. The van der Waals surface area contributed by atoms with E-state index in [1.165, 1.54) is 19.3 Å². The summed E-state index contributed by atoms with van der Waals surface area (Å²) in [6.45, 7) is 2.05.